The monoisotopic (exact) mass is 304 g/mol. The van der Waals surface area contributed by atoms with Crippen molar-refractivity contribution in [3.63, 3.8) is 0 Å². The molecule has 2 rings (SSSR count). The maximum absolute atomic E-state index is 12.4. The van der Waals surface area contributed by atoms with Crippen LogP contribution in [0.25, 0.3) is 11.0 Å². The van der Waals surface area contributed by atoms with E-state index in [4.69, 9.17) is 0 Å². The zero-order valence-electron chi connectivity index (χ0n) is 13.5. The molecule has 0 saturated heterocycles. The first-order chi connectivity index (χ1) is 10.3. The molecule has 7 heteroatoms. The Labute approximate surface area is 127 Å². The Hall–Kier alpha value is -2.44. The number of rotatable bonds is 3. The second kappa shape index (κ2) is 5.75. The van der Waals surface area contributed by atoms with Gasteiger partial charge < -0.3 is 4.90 Å². The lowest BCUT2D eigenvalue weighted by Gasteiger charge is -2.23. The van der Waals surface area contributed by atoms with Gasteiger partial charge in [0.25, 0.3) is 11.5 Å². The topological polar surface area (TPSA) is 77.2 Å². The Bertz CT molecular complexity index is 850. The smallest absolute Gasteiger partial charge is 0.332 e. The largest absolute Gasteiger partial charge is 0.338 e. The highest BCUT2D eigenvalue weighted by Crippen LogP contribution is 2.10. The molecule has 1 unspecified atom stereocenters. The van der Waals surface area contributed by atoms with E-state index in [1.54, 1.807) is 18.0 Å². The molecule has 0 aromatic carbocycles. The standard InChI is InChI=1S/C15H20N4O3/c1-6-9(2)17(3)14(21)11-8-7-10-12(16-11)18(4)15(22)19(5)13(10)20/h7-9H,6H2,1-5H3. The molecule has 1 atom stereocenters. The van der Waals surface area contributed by atoms with E-state index in [9.17, 15) is 14.4 Å². The molecule has 0 spiro atoms. The first-order valence-electron chi connectivity index (χ1n) is 7.13. The van der Waals surface area contributed by atoms with Gasteiger partial charge in [0.2, 0.25) is 0 Å². The van der Waals surface area contributed by atoms with Crippen LogP contribution in [0.5, 0.6) is 0 Å². The lowest BCUT2D eigenvalue weighted by Crippen LogP contribution is -2.38. The van der Waals surface area contributed by atoms with Gasteiger partial charge in [0, 0.05) is 27.2 Å². The molecule has 0 bridgehead atoms. The zero-order chi connectivity index (χ0) is 16.6. The summed E-state index contributed by atoms with van der Waals surface area (Å²) in [5.41, 5.74) is -0.445. The Kier molecular flexibility index (Phi) is 4.16. The van der Waals surface area contributed by atoms with Crippen LogP contribution in [0, 0.1) is 0 Å². The summed E-state index contributed by atoms with van der Waals surface area (Å²) in [6, 6.07) is 3.15. The first kappa shape index (κ1) is 15.9. The molecule has 0 saturated carbocycles. The molecule has 1 amide bonds. The van der Waals surface area contributed by atoms with E-state index in [0.717, 1.165) is 11.0 Å². The summed E-state index contributed by atoms with van der Waals surface area (Å²) >= 11 is 0. The van der Waals surface area contributed by atoms with Crippen molar-refractivity contribution in [3.05, 3.63) is 38.7 Å². The molecule has 118 valence electrons. The molecule has 0 fully saturated rings. The van der Waals surface area contributed by atoms with Gasteiger partial charge in [-0.2, -0.15) is 0 Å². The Morgan fingerprint density at radius 1 is 1.27 bits per heavy atom. The molecular weight excluding hydrogens is 284 g/mol. The molecule has 0 N–H and O–H groups in total. The van der Waals surface area contributed by atoms with Gasteiger partial charge in [0.15, 0.2) is 0 Å². The lowest BCUT2D eigenvalue weighted by molar-refractivity contribution is 0.0735. The minimum atomic E-state index is -0.468. The number of fused-ring (bicyclic) bond motifs is 1. The van der Waals surface area contributed by atoms with Gasteiger partial charge in [0.1, 0.15) is 11.3 Å². The van der Waals surface area contributed by atoms with Crippen molar-refractivity contribution in [1.29, 1.82) is 0 Å². The molecule has 2 aromatic heterocycles. The van der Waals surface area contributed by atoms with E-state index in [1.165, 1.54) is 24.7 Å². The number of nitrogens with zero attached hydrogens (tertiary/aromatic N) is 4. The highest BCUT2D eigenvalue weighted by molar-refractivity contribution is 5.94. The molecule has 0 aliphatic rings. The number of carbonyl (C=O) groups excluding carboxylic acids is 1. The van der Waals surface area contributed by atoms with Gasteiger partial charge in [-0.15, -0.1) is 0 Å². The van der Waals surface area contributed by atoms with Crippen molar-refractivity contribution in [2.45, 2.75) is 26.3 Å². The maximum Gasteiger partial charge on any atom is 0.332 e. The molecule has 22 heavy (non-hydrogen) atoms. The van der Waals surface area contributed by atoms with Gasteiger partial charge in [-0.25, -0.2) is 9.78 Å². The van der Waals surface area contributed by atoms with Crippen molar-refractivity contribution in [2.24, 2.45) is 14.1 Å². The van der Waals surface area contributed by atoms with Crippen molar-refractivity contribution in [1.82, 2.24) is 19.0 Å². The molecule has 2 aromatic rings. The van der Waals surface area contributed by atoms with Crippen molar-refractivity contribution in [2.75, 3.05) is 7.05 Å². The minimum Gasteiger partial charge on any atom is -0.338 e. The van der Waals surface area contributed by atoms with Gasteiger partial charge in [-0.1, -0.05) is 6.92 Å². The van der Waals surface area contributed by atoms with E-state index in [0.29, 0.717) is 5.39 Å². The molecule has 7 nitrogen and oxygen atoms in total. The summed E-state index contributed by atoms with van der Waals surface area (Å²) in [4.78, 5) is 42.3. The number of hydrogen-bond donors (Lipinski definition) is 0. The van der Waals surface area contributed by atoms with E-state index >= 15 is 0 Å². The maximum atomic E-state index is 12.4. The van der Waals surface area contributed by atoms with Crippen LogP contribution < -0.4 is 11.2 Å². The van der Waals surface area contributed by atoms with Gasteiger partial charge >= 0.3 is 5.69 Å². The summed E-state index contributed by atoms with van der Waals surface area (Å²) in [6.45, 7) is 3.94. The third-order valence-corrected chi connectivity index (χ3v) is 4.09. The van der Waals surface area contributed by atoms with Crippen molar-refractivity contribution < 1.29 is 4.79 Å². The first-order valence-corrected chi connectivity index (χ1v) is 7.13. The highest BCUT2D eigenvalue weighted by Gasteiger charge is 2.19. The van der Waals surface area contributed by atoms with Crippen LogP contribution in [0.2, 0.25) is 0 Å². The van der Waals surface area contributed by atoms with Crippen LogP contribution in [-0.4, -0.2) is 38.0 Å². The second-order valence-electron chi connectivity index (χ2n) is 5.45. The molecular formula is C15H20N4O3. The number of amides is 1. The minimum absolute atomic E-state index is 0.0810. The fraction of sp³-hybridized carbons (Fsp3) is 0.467. The molecule has 0 aliphatic carbocycles. The quantitative estimate of drug-likeness (QED) is 0.827. The summed E-state index contributed by atoms with van der Waals surface area (Å²) in [7, 11) is 4.66. The lowest BCUT2D eigenvalue weighted by atomic mass is 10.2. The van der Waals surface area contributed by atoms with E-state index < -0.39 is 11.2 Å². The van der Waals surface area contributed by atoms with Gasteiger partial charge in [-0.3, -0.25) is 18.7 Å². The summed E-state index contributed by atoms with van der Waals surface area (Å²) in [5, 5.41) is 0.312. The average Bonchev–Trinajstić information content (AvgIpc) is 2.55. The number of aromatic nitrogens is 3. The SMILES string of the molecule is CCC(C)N(C)C(=O)c1ccc2c(=O)n(C)c(=O)n(C)c2n1. The van der Waals surface area contributed by atoms with Crippen LogP contribution in [0.15, 0.2) is 21.7 Å². The highest BCUT2D eigenvalue weighted by atomic mass is 16.2. The van der Waals surface area contributed by atoms with Gasteiger partial charge in [-0.05, 0) is 25.5 Å². The number of pyridine rings is 1. The number of aryl methyl sites for hydroxylation is 1. The van der Waals surface area contributed by atoms with Crippen molar-refractivity contribution in [3.8, 4) is 0 Å². The van der Waals surface area contributed by atoms with E-state index in [2.05, 4.69) is 4.98 Å². The fourth-order valence-electron chi connectivity index (χ4n) is 2.23. The number of carbonyl (C=O) groups is 1. The molecule has 2 heterocycles. The summed E-state index contributed by atoms with van der Waals surface area (Å²) in [5.74, 6) is -0.232. The van der Waals surface area contributed by atoms with Crippen LogP contribution in [-0.2, 0) is 14.1 Å². The molecule has 0 radical (unpaired) electrons. The van der Waals surface area contributed by atoms with Gasteiger partial charge in [0.05, 0.1) is 5.39 Å². The van der Waals surface area contributed by atoms with Crippen LogP contribution >= 0.6 is 0 Å². The number of hydrogen-bond acceptors (Lipinski definition) is 4. The van der Waals surface area contributed by atoms with Crippen LogP contribution in [0.1, 0.15) is 30.8 Å². The molecule has 0 aliphatic heterocycles. The average molecular weight is 304 g/mol. The Morgan fingerprint density at radius 3 is 2.50 bits per heavy atom. The van der Waals surface area contributed by atoms with Crippen LogP contribution in [0.3, 0.4) is 0 Å². The predicted octanol–water partition coefficient (Wildman–Crippen LogP) is 0.503. The predicted molar refractivity (Wildman–Crippen MR) is 84.1 cm³/mol. The zero-order valence-corrected chi connectivity index (χ0v) is 13.5. The fourth-order valence-corrected chi connectivity index (χ4v) is 2.23. The van der Waals surface area contributed by atoms with Crippen molar-refractivity contribution >= 4 is 16.9 Å². The third-order valence-electron chi connectivity index (χ3n) is 4.09. The third kappa shape index (κ3) is 2.43. The second-order valence-corrected chi connectivity index (χ2v) is 5.45. The summed E-state index contributed by atoms with van der Waals surface area (Å²) in [6.07, 6.45) is 0.828. The Morgan fingerprint density at radius 2 is 1.91 bits per heavy atom. The normalized spacial score (nSPS) is 12.4. The van der Waals surface area contributed by atoms with E-state index in [1.807, 2.05) is 13.8 Å². The van der Waals surface area contributed by atoms with E-state index in [-0.39, 0.29) is 23.3 Å². The van der Waals surface area contributed by atoms with Crippen LogP contribution in [0.4, 0.5) is 0 Å². The Balaban J connectivity index is 2.64. The summed E-state index contributed by atoms with van der Waals surface area (Å²) < 4.78 is 2.30.